The molecule has 1 amide bonds. The molecule has 2 N–H and O–H groups in total. The van der Waals surface area contributed by atoms with Gasteiger partial charge in [0, 0.05) is 6.54 Å². The molecule has 0 saturated heterocycles. The summed E-state index contributed by atoms with van der Waals surface area (Å²) in [7, 11) is 0. The van der Waals surface area contributed by atoms with E-state index in [1.165, 1.54) is 0 Å². The first-order valence-corrected chi connectivity index (χ1v) is 8.18. The summed E-state index contributed by atoms with van der Waals surface area (Å²) < 4.78 is 5.82. The van der Waals surface area contributed by atoms with Crippen LogP contribution in [0.1, 0.15) is 30.5 Å². The largest absolute Gasteiger partial charge is 0.479 e. The number of carbonyl (C=O) groups is 1. The van der Waals surface area contributed by atoms with Crippen molar-refractivity contribution in [3.63, 3.8) is 0 Å². The number of nitriles is 1. The van der Waals surface area contributed by atoms with E-state index in [2.05, 4.69) is 11.4 Å². The first-order valence-electron chi connectivity index (χ1n) is 8.18. The summed E-state index contributed by atoms with van der Waals surface area (Å²) in [6.45, 7) is 4.01. The van der Waals surface area contributed by atoms with E-state index in [4.69, 9.17) is 10.00 Å². The van der Waals surface area contributed by atoms with Crippen molar-refractivity contribution in [3.8, 4) is 11.8 Å². The van der Waals surface area contributed by atoms with Gasteiger partial charge in [-0.3, -0.25) is 4.79 Å². The van der Waals surface area contributed by atoms with E-state index in [1.807, 2.05) is 38.1 Å². The van der Waals surface area contributed by atoms with Crippen LogP contribution >= 0.6 is 0 Å². The topological polar surface area (TPSA) is 82.3 Å². The van der Waals surface area contributed by atoms with E-state index in [0.717, 1.165) is 11.1 Å². The summed E-state index contributed by atoms with van der Waals surface area (Å²) in [6, 6.07) is 16.3. The van der Waals surface area contributed by atoms with Gasteiger partial charge in [-0.25, -0.2) is 0 Å². The van der Waals surface area contributed by atoms with Crippen LogP contribution in [-0.4, -0.2) is 17.1 Å². The van der Waals surface area contributed by atoms with Crippen LogP contribution in [0.4, 0.5) is 0 Å². The zero-order chi connectivity index (χ0) is 18.2. The molecule has 0 aliphatic rings. The van der Waals surface area contributed by atoms with Gasteiger partial charge in [0.2, 0.25) is 0 Å². The van der Waals surface area contributed by atoms with Crippen LogP contribution in [0.15, 0.2) is 48.5 Å². The molecule has 0 aliphatic carbocycles. The molecular weight excluding hydrogens is 316 g/mol. The maximum absolute atomic E-state index is 12.6. The van der Waals surface area contributed by atoms with Gasteiger partial charge in [0.15, 0.2) is 6.10 Å². The number of para-hydroxylation sites is 1. The third-order valence-electron chi connectivity index (χ3n) is 3.87. The number of hydrogen-bond donors (Lipinski definition) is 2. The molecule has 0 heterocycles. The molecule has 5 nitrogen and oxygen atoms in total. The number of nitrogens with zero attached hydrogens (tertiary/aromatic N) is 1. The molecular formula is C20H22N2O3. The Morgan fingerprint density at radius 2 is 1.80 bits per heavy atom. The highest BCUT2D eigenvalue weighted by Crippen LogP contribution is 2.21. The molecule has 2 rings (SSSR count). The van der Waals surface area contributed by atoms with E-state index >= 15 is 0 Å². The molecule has 1 atom stereocenters. The molecule has 1 unspecified atom stereocenters. The Bertz CT molecular complexity index is 766. The molecule has 2 aromatic carbocycles. The summed E-state index contributed by atoms with van der Waals surface area (Å²) in [5.74, 6) is 0.0740. The van der Waals surface area contributed by atoms with Crippen LogP contribution in [-0.2, 0) is 17.9 Å². The highest BCUT2D eigenvalue weighted by Gasteiger charge is 2.25. The third kappa shape index (κ3) is 4.82. The fourth-order valence-electron chi connectivity index (χ4n) is 2.46. The minimum absolute atomic E-state index is 0.0696. The van der Waals surface area contributed by atoms with Gasteiger partial charge in [-0.15, -0.1) is 0 Å². The fourth-order valence-corrected chi connectivity index (χ4v) is 2.46. The van der Waals surface area contributed by atoms with Crippen molar-refractivity contribution in [1.29, 1.82) is 5.26 Å². The Labute approximate surface area is 147 Å². The number of ether oxygens (including phenoxy) is 1. The average Bonchev–Trinajstić information content (AvgIpc) is 2.64. The van der Waals surface area contributed by atoms with Crippen molar-refractivity contribution in [2.45, 2.75) is 33.1 Å². The minimum atomic E-state index is -0.712. The van der Waals surface area contributed by atoms with Crippen molar-refractivity contribution in [2.75, 3.05) is 0 Å². The number of amides is 1. The molecule has 0 aromatic heterocycles. The Morgan fingerprint density at radius 3 is 2.44 bits per heavy atom. The van der Waals surface area contributed by atoms with Crippen LogP contribution < -0.4 is 10.1 Å². The average molecular weight is 338 g/mol. The summed E-state index contributed by atoms with van der Waals surface area (Å²) in [5, 5.41) is 21.4. The van der Waals surface area contributed by atoms with Gasteiger partial charge in [-0.1, -0.05) is 50.2 Å². The Hall–Kier alpha value is -2.84. The molecule has 0 fully saturated rings. The molecule has 0 radical (unpaired) electrons. The predicted molar refractivity (Wildman–Crippen MR) is 94.6 cm³/mol. The van der Waals surface area contributed by atoms with E-state index in [-0.39, 0.29) is 18.4 Å². The summed E-state index contributed by atoms with van der Waals surface area (Å²) in [6.07, 6.45) is -0.712. The molecule has 2 aromatic rings. The number of benzene rings is 2. The van der Waals surface area contributed by atoms with Gasteiger partial charge in [-0.05, 0) is 29.2 Å². The second-order valence-corrected chi connectivity index (χ2v) is 6.04. The fraction of sp³-hybridized carbons (Fsp3) is 0.300. The zero-order valence-corrected chi connectivity index (χ0v) is 14.4. The second-order valence-electron chi connectivity index (χ2n) is 6.04. The quantitative estimate of drug-likeness (QED) is 0.813. The lowest BCUT2D eigenvalue weighted by molar-refractivity contribution is -0.130. The van der Waals surface area contributed by atoms with Crippen LogP contribution in [0, 0.1) is 17.2 Å². The molecule has 130 valence electrons. The number of aliphatic hydroxyl groups is 1. The van der Waals surface area contributed by atoms with Crippen LogP contribution in [0.2, 0.25) is 0 Å². The van der Waals surface area contributed by atoms with Crippen molar-refractivity contribution in [3.05, 3.63) is 65.2 Å². The second kappa shape index (κ2) is 8.86. The van der Waals surface area contributed by atoms with E-state index in [0.29, 0.717) is 17.9 Å². The summed E-state index contributed by atoms with van der Waals surface area (Å²) in [5.41, 5.74) is 2.03. The van der Waals surface area contributed by atoms with Crippen LogP contribution in [0.3, 0.4) is 0 Å². The van der Waals surface area contributed by atoms with Gasteiger partial charge in [0.25, 0.3) is 5.91 Å². The van der Waals surface area contributed by atoms with Crippen molar-refractivity contribution >= 4 is 5.91 Å². The summed E-state index contributed by atoms with van der Waals surface area (Å²) >= 11 is 0. The lowest BCUT2D eigenvalue weighted by Crippen LogP contribution is -2.41. The number of carbonyl (C=O) groups excluding carboxylic acids is 1. The van der Waals surface area contributed by atoms with Gasteiger partial charge >= 0.3 is 0 Å². The van der Waals surface area contributed by atoms with Crippen LogP contribution in [0.5, 0.6) is 5.75 Å². The lowest BCUT2D eigenvalue weighted by Gasteiger charge is -2.22. The molecule has 25 heavy (non-hydrogen) atoms. The molecule has 0 bridgehead atoms. The highest BCUT2D eigenvalue weighted by molar-refractivity contribution is 5.81. The van der Waals surface area contributed by atoms with Gasteiger partial charge in [0.05, 0.1) is 12.2 Å². The number of nitrogens with one attached hydrogen (secondary N) is 1. The highest BCUT2D eigenvalue weighted by atomic mass is 16.5. The van der Waals surface area contributed by atoms with Crippen molar-refractivity contribution < 1.29 is 14.6 Å². The number of hydrogen-bond acceptors (Lipinski definition) is 4. The molecule has 5 heteroatoms. The van der Waals surface area contributed by atoms with E-state index < -0.39 is 6.10 Å². The first-order chi connectivity index (χ1) is 12.1. The van der Waals surface area contributed by atoms with Crippen molar-refractivity contribution in [2.24, 2.45) is 5.92 Å². The lowest BCUT2D eigenvalue weighted by atomic mass is 10.1. The summed E-state index contributed by atoms with van der Waals surface area (Å²) in [4.78, 5) is 12.6. The Morgan fingerprint density at radius 1 is 1.16 bits per heavy atom. The maximum atomic E-state index is 12.6. The molecule has 0 spiro atoms. The Balaban J connectivity index is 2.09. The molecule has 0 aliphatic heterocycles. The normalized spacial score (nSPS) is 11.6. The smallest absolute Gasteiger partial charge is 0.261 e. The number of aliphatic hydroxyl groups excluding tert-OH is 1. The zero-order valence-electron chi connectivity index (χ0n) is 14.4. The van der Waals surface area contributed by atoms with Gasteiger partial charge in [-0.2, -0.15) is 5.26 Å². The first kappa shape index (κ1) is 18.5. The molecule has 0 saturated carbocycles. The number of rotatable bonds is 7. The monoisotopic (exact) mass is 338 g/mol. The van der Waals surface area contributed by atoms with Crippen LogP contribution in [0.25, 0.3) is 0 Å². The Kier molecular flexibility index (Phi) is 6.55. The van der Waals surface area contributed by atoms with E-state index in [9.17, 15) is 9.90 Å². The maximum Gasteiger partial charge on any atom is 0.261 e. The van der Waals surface area contributed by atoms with Gasteiger partial charge < -0.3 is 15.2 Å². The third-order valence-corrected chi connectivity index (χ3v) is 3.87. The van der Waals surface area contributed by atoms with Gasteiger partial charge in [0.1, 0.15) is 11.8 Å². The van der Waals surface area contributed by atoms with Crippen molar-refractivity contribution in [1.82, 2.24) is 5.32 Å². The predicted octanol–water partition coefficient (Wildman–Crippen LogP) is 2.77. The van der Waals surface area contributed by atoms with E-state index in [1.54, 1.807) is 24.3 Å². The standard InChI is InChI=1S/C20H22N2O3/c1-14(2)19(25-18-10-6-5-7-15(18)11-21)20(24)22-12-16-8-3-4-9-17(16)13-23/h3-10,14,19,23H,12-13H2,1-2H3,(H,22,24). The minimum Gasteiger partial charge on any atom is -0.479 e. The SMILES string of the molecule is CC(C)C(Oc1ccccc1C#N)C(=O)NCc1ccccc1CO.